The fourth-order valence-corrected chi connectivity index (χ4v) is 3.68. The van der Waals surface area contributed by atoms with Gasteiger partial charge in [-0.05, 0) is 0 Å². The summed E-state index contributed by atoms with van der Waals surface area (Å²) in [5, 5.41) is 10.9. The minimum atomic E-state index is -0.116. The molecule has 0 atom stereocenters. The van der Waals surface area contributed by atoms with Crippen LogP contribution in [0.25, 0.3) is 0 Å². The molecular weight excluding hydrogens is 318 g/mol. The third-order valence-corrected chi connectivity index (χ3v) is 5.21. The van der Waals surface area contributed by atoms with Crippen molar-refractivity contribution in [1.82, 2.24) is 0 Å². The molecule has 0 aromatic carbocycles. The minimum absolute atomic E-state index is 0.116. The van der Waals surface area contributed by atoms with Gasteiger partial charge in [-0.15, -0.1) is 0 Å². The number of rotatable bonds is 4. The zero-order valence-corrected chi connectivity index (χ0v) is 15.9. The highest BCUT2D eigenvalue weighted by atomic mass is 16.5. The van der Waals surface area contributed by atoms with E-state index >= 15 is 0 Å². The number of morpholine rings is 2. The molecule has 4 N–H and O–H groups in total. The number of aromatic nitrogens is 1. The van der Waals surface area contributed by atoms with E-state index in [-0.39, 0.29) is 5.41 Å². The third-order valence-electron chi connectivity index (χ3n) is 5.21. The van der Waals surface area contributed by atoms with E-state index in [0.717, 1.165) is 77.0 Å². The predicted molar refractivity (Wildman–Crippen MR) is 93.8 cm³/mol. The summed E-state index contributed by atoms with van der Waals surface area (Å²) < 4.78 is 10.9. The molecule has 0 saturated carbocycles. The Labute approximate surface area is 150 Å². The fraction of sp³-hybridized carbons (Fsp3) is 0.737. The van der Waals surface area contributed by atoms with Gasteiger partial charge in [-0.25, -0.2) is 4.98 Å². The molecule has 0 amide bonds. The Kier molecular flexibility index (Phi) is 5.94. The molecule has 2 aliphatic heterocycles. The van der Waals surface area contributed by atoms with Crippen LogP contribution < -0.4 is 14.8 Å². The van der Waals surface area contributed by atoms with Gasteiger partial charge in [-0.1, -0.05) is 20.8 Å². The summed E-state index contributed by atoms with van der Waals surface area (Å²) in [7, 11) is 0. The van der Waals surface area contributed by atoms with Crippen molar-refractivity contribution in [2.75, 3.05) is 52.6 Å². The second-order valence-corrected chi connectivity index (χ2v) is 8.37. The van der Waals surface area contributed by atoms with E-state index in [1.165, 1.54) is 15.5 Å². The highest BCUT2D eigenvalue weighted by molar-refractivity contribution is 5.36. The van der Waals surface area contributed by atoms with Crippen molar-refractivity contribution in [2.45, 2.75) is 39.3 Å². The van der Waals surface area contributed by atoms with Gasteiger partial charge in [0, 0.05) is 6.07 Å². The maximum absolute atomic E-state index is 10.9. The van der Waals surface area contributed by atoms with Crippen molar-refractivity contribution in [3.05, 3.63) is 23.0 Å². The monoisotopic (exact) mass is 352 g/mol. The summed E-state index contributed by atoms with van der Waals surface area (Å²) >= 11 is 0. The molecule has 25 heavy (non-hydrogen) atoms. The molecule has 0 radical (unpaired) electrons. The lowest BCUT2D eigenvalue weighted by molar-refractivity contribution is -0.925. The molecule has 3 rings (SSSR count). The molecule has 2 aliphatic rings. The number of H-pyrrole nitrogens is 1. The maximum Gasteiger partial charge on any atom is 0.235 e. The summed E-state index contributed by atoms with van der Waals surface area (Å²) in [6.07, 6.45) is 0. The van der Waals surface area contributed by atoms with Gasteiger partial charge in [0.1, 0.15) is 32.7 Å². The van der Waals surface area contributed by atoms with Crippen LogP contribution in [0.1, 0.15) is 37.7 Å². The molecule has 0 aliphatic carbocycles. The number of quaternary nitrogens is 2. The van der Waals surface area contributed by atoms with Crippen LogP contribution in [0.4, 0.5) is 0 Å². The van der Waals surface area contributed by atoms with E-state index in [9.17, 15) is 5.11 Å². The molecule has 0 spiro atoms. The van der Waals surface area contributed by atoms with Crippen molar-refractivity contribution in [2.24, 2.45) is 0 Å². The predicted octanol–water partition coefficient (Wildman–Crippen LogP) is -1.67. The van der Waals surface area contributed by atoms with E-state index in [2.05, 4.69) is 31.8 Å². The first kappa shape index (κ1) is 18.6. The standard InChI is InChI=1S/C19H31N3O3/c1-19(2,3)18-17(23)15(13-21-4-8-24-9-5-21)12-16(20-18)14-22-6-10-25-11-7-22/h12,23H,4-11,13-14H2,1-3H3/p+3. The Hall–Kier alpha value is -1.21. The van der Waals surface area contributed by atoms with Crippen molar-refractivity contribution < 1.29 is 29.4 Å². The van der Waals surface area contributed by atoms with Crippen LogP contribution in [0.2, 0.25) is 0 Å². The van der Waals surface area contributed by atoms with E-state index in [1.807, 2.05) is 0 Å². The number of hydrogen-bond donors (Lipinski definition) is 3. The average molecular weight is 352 g/mol. The molecule has 2 saturated heterocycles. The Morgan fingerprint density at radius 2 is 1.48 bits per heavy atom. The van der Waals surface area contributed by atoms with Gasteiger partial charge in [0.15, 0.2) is 12.3 Å². The molecule has 2 fully saturated rings. The summed E-state index contributed by atoms with van der Waals surface area (Å²) in [5.41, 5.74) is 3.10. The summed E-state index contributed by atoms with van der Waals surface area (Å²) in [6, 6.07) is 2.18. The molecule has 6 heteroatoms. The SMILES string of the molecule is CC(C)(C)c1[nH+]c(C[NH+]2CCOCC2)cc(C[NH+]2CCOCC2)c1O. The first-order valence-corrected chi connectivity index (χ1v) is 9.53. The van der Waals surface area contributed by atoms with Gasteiger partial charge in [-0.2, -0.15) is 0 Å². The molecule has 0 unspecified atom stereocenters. The molecule has 6 nitrogen and oxygen atoms in total. The van der Waals surface area contributed by atoms with Gasteiger partial charge in [0.2, 0.25) is 11.4 Å². The quantitative estimate of drug-likeness (QED) is 0.608. The van der Waals surface area contributed by atoms with Gasteiger partial charge < -0.3 is 24.4 Å². The smallest absolute Gasteiger partial charge is 0.235 e. The van der Waals surface area contributed by atoms with Crippen molar-refractivity contribution >= 4 is 0 Å². The van der Waals surface area contributed by atoms with Crippen molar-refractivity contribution in [3.63, 3.8) is 0 Å². The van der Waals surface area contributed by atoms with Crippen LogP contribution in [-0.2, 0) is 28.0 Å². The lowest BCUT2D eigenvalue weighted by Gasteiger charge is -2.25. The van der Waals surface area contributed by atoms with E-state index < -0.39 is 0 Å². The van der Waals surface area contributed by atoms with Gasteiger partial charge in [0.05, 0.1) is 37.4 Å². The largest absolute Gasteiger partial charge is 0.502 e. The number of nitrogens with one attached hydrogen (secondary N) is 3. The van der Waals surface area contributed by atoms with Crippen molar-refractivity contribution in [1.29, 1.82) is 0 Å². The Balaban J connectivity index is 1.84. The summed E-state index contributed by atoms with van der Waals surface area (Å²) in [4.78, 5) is 6.56. The second kappa shape index (κ2) is 7.99. The third kappa shape index (κ3) is 4.91. The minimum Gasteiger partial charge on any atom is -0.502 e. The highest BCUT2D eigenvalue weighted by Gasteiger charge is 2.32. The number of hydrogen-bond acceptors (Lipinski definition) is 3. The topological polar surface area (TPSA) is 61.7 Å². The van der Waals surface area contributed by atoms with Crippen LogP contribution >= 0.6 is 0 Å². The van der Waals surface area contributed by atoms with E-state index in [1.54, 1.807) is 0 Å². The number of ether oxygens (including phenoxy) is 2. The number of pyridine rings is 1. The molecule has 140 valence electrons. The molecule has 1 aromatic rings. The summed E-state index contributed by atoms with van der Waals surface area (Å²) in [6.45, 7) is 15.7. The Morgan fingerprint density at radius 3 is 2.00 bits per heavy atom. The van der Waals surface area contributed by atoms with Crippen LogP contribution in [-0.4, -0.2) is 57.7 Å². The van der Waals surface area contributed by atoms with Crippen LogP contribution in [0, 0.1) is 0 Å². The number of aromatic amines is 1. The van der Waals surface area contributed by atoms with Crippen LogP contribution in [0.5, 0.6) is 5.75 Å². The zero-order valence-electron chi connectivity index (χ0n) is 15.9. The molecule has 3 heterocycles. The molecule has 0 bridgehead atoms. The Morgan fingerprint density at radius 1 is 0.960 bits per heavy atom. The second-order valence-electron chi connectivity index (χ2n) is 8.37. The molecule has 1 aromatic heterocycles. The first-order chi connectivity index (χ1) is 11.9. The highest BCUT2D eigenvalue weighted by Crippen LogP contribution is 2.29. The molecular formula is C19H34N3O3+3. The van der Waals surface area contributed by atoms with Gasteiger partial charge in [-0.3, -0.25) is 0 Å². The lowest BCUT2D eigenvalue weighted by atomic mass is 9.89. The van der Waals surface area contributed by atoms with Crippen LogP contribution in [0.15, 0.2) is 6.07 Å². The fourth-order valence-electron chi connectivity index (χ4n) is 3.68. The first-order valence-electron chi connectivity index (χ1n) is 9.53. The van der Waals surface area contributed by atoms with Crippen molar-refractivity contribution in [3.8, 4) is 5.75 Å². The zero-order chi connectivity index (χ0) is 17.9. The van der Waals surface area contributed by atoms with Gasteiger partial charge >= 0.3 is 0 Å². The Bertz CT molecular complexity index is 574. The normalized spacial score (nSPS) is 20.8. The van der Waals surface area contributed by atoms with E-state index in [0.29, 0.717) is 5.75 Å². The van der Waals surface area contributed by atoms with E-state index in [4.69, 9.17) is 9.47 Å². The summed E-state index contributed by atoms with van der Waals surface area (Å²) in [5.74, 6) is 0.437. The maximum atomic E-state index is 10.9. The van der Waals surface area contributed by atoms with Gasteiger partial charge in [0.25, 0.3) is 0 Å². The lowest BCUT2D eigenvalue weighted by Crippen LogP contribution is -3.13. The van der Waals surface area contributed by atoms with Crippen LogP contribution in [0.3, 0.4) is 0 Å². The average Bonchev–Trinajstić information content (AvgIpc) is 2.58. The number of aromatic hydroxyl groups is 1.